The number of halogens is 3. The molecule has 0 bridgehead atoms. The second kappa shape index (κ2) is 4.38. The largest absolute Gasteiger partial charge is 0.416 e. The molecule has 0 radical (unpaired) electrons. The van der Waals surface area contributed by atoms with Gasteiger partial charge in [-0.05, 0) is 42.7 Å². The molecule has 0 heterocycles. The van der Waals surface area contributed by atoms with Crippen molar-refractivity contribution in [1.29, 1.82) is 0 Å². The highest BCUT2D eigenvalue weighted by atomic mass is 19.4. The summed E-state index contributed by atoms with van der Waals surface area (Å²) in [4.78, 5) is 0. The van der Waals surface area contributed by atoms with Gasteiger partial charge in [0.05, 0.1) is 5.57 Å². The number of rotatable bonds is 2. The van der Waals surface area contributed by atoms with Crippen molar-refractivity contribution in [3.63, 3.8) is 0 Å². The molecular formula is C11H12F3NO2. The zero-order chi connectivity index (χ0) is 13.4. The van der Waals surface area contributed by atoms with Gasteiger partial charge in [0, 0.05) is 0 Å². The van der Waals surface area contributed by atoms with Crippen LogP contribution in [0.15, 0.2) is 18.7 Å². The fourth-order valence-corrected chi connectivity index (χ4v) is 1.61. The van der Waals surface area contributed by atoms with E-state index >= 15 is 0 Å². The molecule has 0 saturated carbocycles. The van der Waals surface area contributed by atoms with Crippen LogP contribution in [-0.4, -0.2) is 16.6 Å². The van der Waals surface area contributed by atoms with Crippen LogP contribution in [0.5, 0.6) is 0 Å². The lowest BCUT2D eigenvalue weighted by Crippen LogP contribution is -2.15. The summed E-state index contributed by atoms with van der Waals surface area (Å²) >= 11 is 0. The SMILES string of the molecule is C=C(c1cc(C)c(N(O)O)c(C)c1)C(F)(F)F. The van der Waals surface area contributed by atoms with Crippen LogP contribution in [0.2, 0.25) is 0 Å². The van der Waals surface area contributed by atoms with Crippen LogP contribution in [0.4, 0.5) is 18.9 Å². The molecule has 3 nitrogen and oxygen atoms in total. The maximum atomic E-state index is 12.4. The monoisotopic (exact) mass is 247 g/mol. The van der Waals surface area contributed by atoms with Gasteiger partial charge in [-0.15, -0.1) is 5.23 Å². The summed E-state index contributed by atoms with van der Waals surface area (Å²) in [6, 6.07) is 2.41. The first-order valence-corrected chi connectivity index (χ1v) is 4.70. The average Bonchev–Trinajstić information content (AvgIpc) is 2.13. The van der Waals surface area contributed by atoms with Gasteiger partial charge in [-0.3, -0.25) is 10.4 Å². The minimum atomic E-state index is -4.50. The molecule has 0 aromatic heterocycles. The Labute approximate surface area is 96.3 Å². The number of aryl methyl sites for hydroxylation is 2. The van der Waals surface area contributed by atoms with Gasteiger partial charge in [0.2, 0.25) is 0 Å². The Morgan fingerprint density at radius 2 is 1.59 bits per heavy atom. The Kier molecular flexibility index (Phi) is 3.49. The van der Waals surface area contributed by atoms with Crippen LogP contribution in [0.3, 0.4) is 0 Å². The zero-order valence-electron chi connectivity index (χ0n) is 9.34. The molecule has 0 aliphatic carbocycles. The molecule has 17 heavy (non-hydrogen) atoms. The Morgan fingerprint density at radius 1 is 1.18 bits per heavy atom. The van der Waals surface area contributed by atoms with Gasteiger partial charge in [-0.1, -0.05) is 6.58 Å². The predicted octanol–water partition coefficient (Wildman–Crippen LogP) is 3.46. The molecule has 0 aliphatic rings. The van der Waals surface area contributed by atoms with Crippen molar-refractivity contribution in [2.45, 2.75) is 20.0 Å². The van der Waals surface area contributed by atoms with E-state index in [9.17, 15) is 13.2 Å². The van der Waals surface area contributed by atoms with Gasteiger partial charge in [-0.2, -0.15) is 13.2 Å². The summed E-state index contributed by atoms with van der Waals surface area (Å²) in [5.41, 5.74) is -0.356. The molecule has 1 aromatic carbocycles. The van der Waals surface area contributed by atoms with Crippen LogP contribution < -0.4 is 5.23 Å². The first-order chi connectivity index (χ1) is 7.64. The number of hydrogen-bond acceptors (Lipinski definition) is 3. The highest BCUT2D eigenvalue weighted by Crippen LogP contribution is 2.35. The highest BCUT2D eigenvalue weighted by Gasteiger charge is 2.33. The van der Waals surface area contributed by atoms with Gasteiger partial charge < -0.3 is 0 Å². The van der Waals surface area contributed by atoms with Crippen molar-refractivity contribution in [2.24, 2.45) is 0 Å². The maximum absolute atomic E-state index is 12.4. The molecule has 1 rings (SSSR count). The topological polar surface area (TPSA) is 43.7 Å². The average molecular weight is 247 g/mol. The van der Waals surface area contributed by atoms with Crippen molar-refractivity contribution in [2.75, 3.05) is 5.23 Å². The Hall–Kier alpha value is -1.53. The number of anilines is 1. The summed E-state index contributed by atoms with van der Waals surface area (Å²) in [6.07, 6.45) is -4.50. The van der Waals surface area contributed by atoms with E-state index in [1.165, 1.54) is 26.0 Å². The second-order valence-corrected chi connectivity index (χ2v) is 3.72. The molecule has 0 spiro atoms. The Morgan fingerprint density at radius 3 is 1.88 bits per heavy atom. The molecule has 94 valence electrons. The molecule has 1 aromatic rings. The fraction of sp³-hybridized carbons (Fsp3) is 0.273. The van der Waals surface area contributed by atoms with Crippen LogP contribution in [0.25, 0.3) is 5.57 Å². The van der Waals surface area contributed by atoms with Crippen molar-refractivity contribution in [1.82, 2.24) is 0 Å². The van der Waals surface area contributed by atoms with Crippen molar-refractivity contribution < 1.29 is 23.6 Å². The Balaban J connectivity index is 3.29. The van der Waals surface area contributed by atoms with Gasteiger partial charge in [0.15, 0.2) is 0 Å². The second-order valence-electron chi connectivity index (χ2n) is 3.72. The van der Waals surface area contributed by atoms with Crippen LogP contribution >= 0.6 is 0 Å². The molecule has 2 N–H and O–H groups in total. The third kappa shape index (κ3) is 2.78. The fourth-order valence-electron chi connectivity index (χ4n) is 1.61. The number of hydrogen-bond donors (Lipinski definition) is 2. The Bertz CT molecular complexity index is 430. The van der Waals surface area contributed by atoms with E-state index in [0.29, 0.717) is 11.1 Å². The third-order valence-corrected chi connectivity index (χ3v) is 2.38. The van der Waals surface area contributed by atoms with Gasteiger partial charge in [0.25, 0.3) is 0 Å². The van der Waals surface area contributed by atoms with E-state index < -0.39 is 11.7 Å². The van der Waals surface area contributed by atoms with Crippen LogP contribution in [0, 0.1) is 13.8 Å². The van der Waals surface area contributed by atoms with Crippen LogP contribution in [-0.2, 0) is 0 Å². The van der Waals surface area contributed by atoms with Crippen LogP contribution in [0.1, 0.15) is 16.7 Å². The summed E-state index contributed by atoms with van der Waals surface area (Å²) in [5, 5.41) is 17.7. The lowest BCUT2D eigenvalue weighted by molar-refractivity contribution is -0.0686. The van der Waals surface area contributed by atoms with Gasteiger partial charge in [0.1, 0.15) is 5.69 Å². The first kappa shape index (κ1) is 13.5. The molecule has 6 heteroatoms. The number of allylic oxidation sites excluding steroid dienone is 1. The lowest BCUT2D eigenvalue weighted by Gasteiger charge is -2.17. The van der Waals surface area contributed by atoms with Crippen molar-refractivity contribution in [3.8, 4) is 0 Å². The number of benzene rings is 1. The van der Waals surface area contributed by atoms with E-state index in [2.05, 4.69) is 6.58 Å². The minimum absolute atomic E-state index is 0.0590. The molecule has 0 aliphatic heterocycles. The van der Waals surface area contributed by atoms with Crippen molar-refractivity contribution >= 4 is 11.3 Å². The smallest absolute Gasteiger partial charge is 0.264 e. The maximum Gasteiger partial charge on any atom is 0.416 e. The van der Waals surface area contributed by atoms with E-state index in [1.807, 2.05) is 0 Å². The third-order valence-electron chi connectivity index (χ3n) is 2.38. The van der Waals surface area contributed by atoms with Gasteiger partial charge in [-0.25, -0.2) is 0 Å². The van der Waals surface area contributed by atoms with E-state index in [-0.39, 0.29) is 16.5 Å². The normalized spacial score (nSPS) is 11.5. The quantitative estimate of drug-likeness (QED) is 0.786. The van der Waals surface area contributed by atoms with E-state index in [4.69, 9.17) is 10.4 Å². The molecule has 0 fully saturated rings. The van der Waals surface area contributed by atoms with Crippen molar-refractivity contribution in [3.05, 3.63) is 35.4 Å². The summed E-state index contributed by atoms with van der Waals surface area (Å²) in [7, 11) is 0. The highest BCUT2D eigenvalue weighted by molar-refractivity contribution is 5.72. The first-order valence-electron chi connectivity index (χ1n) is 4.70. The molecule has 0 unspecified atom stereocenters. The number of nitrogens with zero attached hydrogens (tertiary/aromatic N) is 1. The lowest BCUT2D eigenvalue weighted by atomic mass is 9.99. The van der Waals surface area contributed by atoms with E-state index in [1.54, 1.807) is 0 Å². The van der Waals surface area contributed by atoms with Gasteiger partial charge >= 0.3 is 6.18 Å². The molecule has 0 amide bonds. The summed E-state index contributed by atoms with van der Waals surface area (Å²) < 4.78 is 37.3. The van der Waals surface area contributed by atoms with E-state index in [0.717, 1.165) is 0 Å². The zero-order valence-corrected chi connectivity index (χ0v) is 9.34. The number of alkyl halides is 3. The molecule has 0 saturated heterocycles. The minimum Gasteiger partial charge on any atom is -0.264 e. The summed E-state index contributed by atoms with van der Waals surface area (Å²) in [5.74, 6) is 0. The molecular weight excluding hydrogens is 235 g/mol. The predicted molar refractivity (Wildman–Crippen MR) is 57.1 cm³/mol. The molecule has 0 atom stereocenters. The summed E-state index contributed by atoms with van der Waals surface area (Å²) in [6.45, 7) is 5.95. The standard InChI is InChI=1S/C11H12F3NO2/c1-6-4-9(8(3)11(12,13)14)5-7(2)10(6)15(16)17/h4-5,16-17H,3H2,1-2H3.